The van der Waals surface area contributed by atoms with E-state index in [0.29, 0.717) is 0 Å². The van der Waals surface area contributed by atoms with Gasteiger partial charge in [0.25, 0.3) is 0 Å². The fraction of sp³-hybridized carbons (Fsp3) is 0.0286. The molecular weight excluding hydrogens is 462 g/mol. The first-order chi connectivity index (χ1) is 18.8. The predicted molar refractivity (Wildman–Crippen MR) is 162 cm³/mol. The summed E-state index contributed by atoms with van der Waals surface area (Å²) in [6.07, 6.45) is 8.18. The second kappa shape index (κ2) is 9.13. The topological polar surface area (TPSA) is 35.9 Å². The van der Waals surface area contributed by atoms with E-state index in [1.165, 1.54) is 49.2 Å². The minimum Gasteiger partial charge on any atom is -0.404 e. The van der Waals surface area contributed by atoms with Gasteiger partial charge in [0.15, 0.2) is 0 Å². The Morgan fingerprint density at radius 3 is 2.24 bits per heavy atom. The van der Waals surface area contributed by atoms with Crippen molar-refractivity contribution in [1.82, 2.24) is 9.13 Å². The molecule has 0 saturated carbocycles. The molecule has 0 saturated heterocycles. The van der Waals surface area contributed by atoms with Crippen LogP contribution in [0.25, 0.3) is 54.7 Å². The molecule has 2 heterocycles. The molecule has 0 aliphatic carbocycles. The lowest BCUT2D eigenvalue weighted by molar-refractivity contribution is 0.902. The van der Waals surface area contributed by atoms with Crippen LogP contribution in [0.4, 0.5) is 0 Å². The highest BCUT2D eigenvalue weighted by atomic mass is 15.0. The van der Waals surface area contributed by atoms with Gasteiger partial charge in [-0.3, -0.25) is 0 Å². The Labute approximate surface area is 221 Å². The normalized spacial score (nSPS) is 12.5. The van der Waals surface area contributed by atoms with E-state index in [2.05, 4.69) is 125 Å². The summed E-state index contributed by atoms with van der Waals surface area (Å²) in [4.78, 5) is 0. The Hall–Kier alpha value is -5.02. The highest BCUT2D eigenvalue weighted by Crippen LogP contribution is 2.36. The van der Waals surface area contributed by atoms with Gasteiger partial charge in [-0.1, -0.05) is 91.0 Å². The van der Waals surface area contributed by atoms with Gasteiger partial charge in [-0.25, -0.2) is 0 Å². The maximum atomic E-state index is 5.99. The van der Waals surface area contributed by atoms with Crippen molar-refractivity contribution in [3.8, 4) is 5.69 Å². The van der Waals surface area contributed by atoms with E-state index in [9.17, 15) is 0 Å². The van der Waals surface area contributed by atoms with Crippen molar-refractivity contribution in [3.05, 3.63) is 145 Å². The van der Waals surface area contributed by atoms with Crippen molar-refractivity contribution in [1.29, 1.82) is 0 Å². The molecule has 0 radical (unpaired) electrons. The van der Waals surface area contributed by atoms with Gasteiger partial charge in [0.1, 0.15) is 0 Å². The largest absolute Gasteiger partial charge is 0.404 e. The Balaban J connectivity index is 1.40. The number of nitrogens with two attached hydrogens (primary N) is 1. The molecule has 0 unspecified atom stereocenters. The molecule has 38 heavy (non-hydrogen) atoms. The number of hydrogen-bond donors (Lipinski definition) is 1. The number of aromatic nitrogens is 2. The van der Waals surface area contributed by atoms with E-state index in [4.69, 9.17) is 5.73 Å². The highest BCUT2D eigenvalue weighted by Gasteiger charge is 2.14. The van der Waals surface area contributed by atoms with E-state index in [1.807, 2.05) is 18.2 Å². The van der Waals surface area contributed by atoms with Crippen molar-refractivity contribution in [3.63, 3.8) is 0 Å². The first kappa shape index (κ1) is 22.2. The Kier molecular flexibility index (Phi) is 5.33. The molecule has 0 spiro atoms. The van der Waals surface area contributed by atoms with Crippen LogP contribution in [-0.2, 0) is 6.54 Å². The van der Waals surface area contributed by atoms with Crippen LogP contribution in [0.15, 0.2) is 140 Å². The SMILES string of the molecule is N/C=C(\C=C/Cn1c2ccccc2c2ccc3cc4c(ccn4-c4ccccc4)cc3c21)c1ccccc1. The second-order valence-electron chi connectivity index (χ2n) is 9.63. The average Bonchev–Trinajstić information content (AvgIpc) is 3.54. The minimum atomic E-state index is 0.746. The van der Waals surface area contributed by atoms with Crippen LogP contribution in [0.5, 0.6) is 0 Å². The molecular formula is C35H27N3. The van der Waals surface area contributed by atoms with Crippen LogP contribution in [0.3, 0.4) is 0 Å². The third kappa shape index (κ3) is 3.60. The van der Waals surface area contributed by atoms with Crippen LogP contribution >= 0.6 is 0 Å². The maximum absolute atomic E-state index is 5.99. The van der Waals surface area contributed by atoms with E-state index in [1.54, 1.807) is 6.20 Å². The molecule has 0 aliphatic rings. The monoisotopic (exact) mass is 489 g/mol. The Morgan fingerprint density at radius 1 is 0.658 bits per heavy atom. The maximum Gasteiger partial charge on any atom is 0.0574 e. The summed E-state index contributed by atoms with van der Waals surface area (Å²) in [5, 5.41) is 6.29. The van der Waals surface area contributed by atoms with E-state index >= 15 is 0 Å². The van der Waals surface area contributed by atoms with Crippen LogP contribution in [0, 0.1) is 0 Å². The van der Waals surface area contributed by atoms with E-state index < -0.39 is 0 Å². The van der Waals surface area contributed by atoms with Gasteiger partial charge in [0.2, 0.25) is 0 Å². The molecule has 7 aromatic rings. The van der Waals surface area contributed by atoms with Crippen LogP contribution < -0.4 is 5.73 Å². The lowest BCUT2D eigenvalue weighted by atomic mass is 10.0. The first-order valence-corrected chi connectivity index (χ1v) is 13.0. The number of hydrogen-bond acceptors (Lipinski definition) is 1. The predicted octanol–water partition coefficient (Wildman–Crippen LogP) is 8.45. The highest BCUT2D eigenvalue weighted by molar-refractivity contribution is 6.19. The van der Waals surface area contributed by atoms with Gasteiger partial charge in [-0.15, -0.1) is 0 Å². The van der Waals surface area contributed by atoms with Crippen molar-refractivity contribution >= 4 is 49.1 Å². The molecule has 182 valence electrons. The number of benzene rings is 5. The molecule has 3 nitrogen and oxygen atoms in total. The van der Waals surface area contributed by atoms with Gasteiger partial charge in [-0.05, 0) is 52.9 Å². The second-order valence-corrected chi connectivity index (χ2v) is 9.63. The fourth-order valence-corrected chi connectivity index (χ4v) is 5.67. The molecule has 3 heteroatoms. The lowest BCUT2D eigenvalue weighted by Crippen LogP contribution is -1.96. The summed E-state index contributed by atoms with van der Waals surface area (Å²) in [6.45, 7) is 0.746. The summed E-state index contributed by atoms with van der Waals surface area (Å²) >= 11 is 0. The number of fused-ring (bicyclic) bond motifs is 6. The third-order valence-corrected chi connectivity index (χ3v) is 7.46. The molecule has 5 aromatic carbocycles. The summed E-state index contributed by atoms with van der Waals surface area (Å²) in [7, 11) is 0. The molecule has 0 atom stereocenters. The van der Waals surface area contributed by atoms with Crippen molar-refractivity contribution in [2.75, 3.05) is 0 Å². The van der Waals surface area contributed by atoms with Crippen LogP contribution in [0.2, 0.25) is 0 Å². The van der Waals surface area contributed by atoms with Gasteiger partial charge in [0, 0.05) is 51.7 Å². The van der Waals surface area contributed by atoms with Gasteiger partial charge < -0.3 is 14.9 Å². The quantitative estimate of drug-likeness (QED) is 0.242. The minimum absolute atomic E-state index is 0.746. The Bertz CT molecular complexity index is 1990. The molecule has 0 fully saturated rings. The van der Waals surface area contributed by atoms with E-state index in [-0.39, 0.29) is 0 Å². The van der Waals surface area contributed by atoms with Crippen LogP contribution in [-0.4, -0.2) is 9.13 Å². The first-order valence-electron chi connectivity index (χ1n) is 13.0. The average molecular weight is 490 g/mol. The molecule has 0 bridgehead atoms. The molecule has 7 rings (SSSR count). The number of nitrogens with zero attached hydrogens (tertiary/aromatic N) is 2. The fourth-order valence-electron chi connectivity index (χ4n) is 5.67. The zero-order valence-corrected chi connectivity index (χ0v) is 21.0. The molecule has 2 N–H and O–H groups in total. The van der Waals surface area contributed by atoms with Crippen molar-refractivity contribution in [2.24, 2.45) is 5.73 Å². The Morgan fingerprint density at radius 2 is 1.42 bits per heavy atom. The lowest BCUT2D eigenvalue weighted by Gasteiger charge is -2.10. The summed E-state index contributed by atoms with van der Waals surface area (Å²) < 4.78 is 4.70. The van der Waals surface area contributed by atoms with E-state index in [0.717, 1.165) is 17.7 Å². The zero-order chi connectivity index (χ0) is 25.5. The van der Waals surface area contributed by atoms with Crippen LogP contribution in [0.1, 0.15) is 5.56 Å². The third-order valence-electron chi connectivity index (χ3n) is 7.46. The van der Waals surface area contributed by atoms with Gasteiger partial charge in [-0.2, -0.15) is 0 Å². The van der Waals surface area contributed by atoms with Crippen molar-refractivity contribution in [2.45, 2.75) is 6.54 Å². The summed E-state index contributed by atoms with van der Waals surface area (Å²) in [6, 6.07) is 40.9. The number of rotatable bonds is 5. The molecule has 0 amide bonds. The number of para-hydroxylation sites is 2. The summed E-state index contributed by atoms with van der Waals surface area (Å²) in [5.41, 5.74) is 13.0. The zero-order valence-electron chi connectivity index (χ0n) is 21.0. The molecule has 2 aromatic heterocycles. The smallest absolute Gasteiger partial charge is 0.0574 e. The van der Waals surface area contributed by atoms with Crippen molar-refractivity contribution < 1.29 is 0 Å². The number of allylic oxidation sites excluding steroid dienone is 3. The van der Waals surface area contributed by atoms with Gasteiger partial charge in [0.05, 0.1) is 11.0 Å². The standard InChI is InChI=1S/C35H27N3/c36-24-28(25-10-3-1-4-11-25)12-9-20-38-33-16-8-7-15-30(33)31-18-17-26-23-34-27(22-32(26)35(31)38)19-21-37(34)29-13-5-2-6-14-29/h1-19,21-24H,20,36H2/b12-9-,28-24+. The summed E-state index contributed by atoms with van der Waals surface area (Å²) in [5.74, 6) is 0. The molecule has 0 aliphatic heterocycles. The van der Waals surface area contributed by atoms with Gasteiger partial charge >= 0.3 is 0 Å².